The van der Waals surface area contributed by atoms with E-state index in [2.05, 4.69) is 34.5 Å². The molecule has 1 N–H and O–H groups in total. The van der Waals surface area contributed by atoms with E-state index >= 15 is 0 Å². The van der Waals surface area contributed by atoms with Crippen LogP contribution in [-0.2, 0) is 19.6 Å². The maximum atomic E-state index is 5.63. The summed E-state index contributed by atoms with van der Waals surface area (Å²) in [5.74, 6) is 2.03. The van der Waals surface area contributed by atoms with Crippen LogP contribution in [0.3, 0.4) is 0 Å². The fourth-order valence-corrected chi connectivity index (χ4v) is 1.75. The number of hydrogen-bond donors (Lipinski definition) is 1. The van der Waals surface area contributed by atoms with Gasteiger partial charge >= 0.3 is 0 Å². The van der Waals surface area contributed by atoms with Crippen LogP contribution >= 0.6 is 0 Å². The van der Waals surface area contributed by atoms with E-state index in [0.717, 1.165) is 31.7 Å². The van der Waals surface area contributed by atoms with Crippen molar-refractivity contribution in [3.63, 3.8) is 0 Å². The Hall–Kier alpha value is -1.88. The second-order valence-corrected chi connectivity index (χ2v) is 4.57. The largest absolute Gasteiger partial charge is 0.485 e. The lowest BCUT2D eigenvalue weighted by atomic mass is 10.2. The average molecular weight is 275 g/mol. The third-order valence-electron chi connectivity index (χ3n) is 2.86. The fourth-order valence-electron chi connectivity index (χ4n) is 1.75. The predicted octanol–water partition coefficient (Wildman–Crippen LogP) is 2.71. The Morgan fingerprint density at radius 2 is 2.00 bits per heavy atom. The third kappa shape index (κ3) is 4.35. The highest BCUT2D eigenvalue weighted by Gasteiger charge is 2.05. The maximum Gasteiger partial charge on any atom is 0.226 e. The van der Waals surface area contributed by atoms with Crippen molar-refractivity contribution >= 4 is 0 Å². The van der Waals surface area contributed by atoms with Crippen LogP contribution < -0.4 is 10.1 Å². The monoisotopic (exact) mass is 275 g/mol. The SMILES string of the molecule is CCCNCc1ccc(OCc2noc(CC)n2)cc1. The quantitative estimate of drug-likeness (QED) is 0.751. The van der Waals surface area contributed by atoms with E-state index in [1.165, 1.54) is 5.56 Å². The van der Waals surface area contributed by atoms with Crippen LogP contribution in [-0.4, -0.2) is 16.7 Å². The normalized spacial score (nSPS) is 10.7. The lowest BCUT2D eigenvalue weighted by Gasteiger charge is -2.06. The van der Waals surface area contributed by atoms with Gasteiger partial charge in [0.1, 0.15) is 5.75 Å². The van der Waals surface area contributed by atoms with E-state index in [4.69, 9.17) is 9.26 Å². The van der Waals surface area contributed by atoms with Crippen LogP contribution in [0.15, 0.2) is 28.8 Å². The number of nitrogens with one attached hydrogen (secondary N) is 1. The van der Waals surface area contributed by atoms with Crippen molar-refractivity contribution < 1.29 is 9.26 Å². The zero-order valence-corrected chi connectivity index (χ0v) is 12.1. The summed E-state index contributed by atoms with van der Waals surface area (Å²) in [6.07, 6.45) is 1.89. The summed E-state index contributed by atoms with van der Waals surface area (Å²) in [4.78, 5) is 4.20. The molecule has 0 amide bonds. The Labute approximate surface area is 119 Å². The molecule has 0 aliphatic heterocycles. The third-order valence-corrected chi connectivity index (χ3v) is 2.86. The van der Waals surface area contributed by atoms with Crippen LogP contribution in [0.4, 0.5) is 0 Å². The summed E-state index contributed by atoms with van der Waals surface area (Å²) < 4.78 is 10.7. The molecule has 0 aliphatic rings. The van der Waals surface area contributed by atoms with Gasteiger partial charge in [-0.1, -0.05) is 31.1 Å². The highest BCUT2D eigenvalue weighted by molar-refractivity contribution is 5.27. The summed E-state index contributed by atoms with van der Waals surface area (Å²) in [5.41, 5.74) is 1.25. The average Bonchev–Trinajstić information content (AvgIpc) is 2.95. The molecule has 1 aromatic heterocycles. The standard InChI is InChI=1S/C15H21N3O2/c1-3-9-16-10-12-5-7-13(8-6-12)19-11-14-17-15(4-2)20-18-14/h5-8,16H,3-4,9-11H2,1-2H3. The van der Waals surface area contributed by atoms with E-state index in [1.54, 1.807) is 0 Å². The number of aromatic nitrogens is 2. The molecule has 2 rings (SSSR count). The van der Waals surface area contributed by atoms with Gasteiger partial charge in [0.05, 0.1) is 0 Å². The number of aryl methyl sites for hydroxylation is 1. The van der Waals surface area contributed by atoms with Crippen LogP contribution in [0.25, 0.3) is 0 Å². The molecular weight excluding hydrogens is 254 g/mol. The van der Waals surface area contributed by atoms with Gasteiger partial charge in [0.15, 0.2) is 6.61 Å². The Balaban J connectivity index is 1.81. The van der Waals surface area contributed by atoms with Gasteiger partial charge in [-0.05, 0) is 30.7 Å². The van der Waals surface area contributed by atoms with E-state index in [1.807, 2.05) is 19.1 Å². The van der Waals surface area contributed by atoms with Crippen molar-refractivity contribution in [1.29, 1.82) is 0 Å². The van der Waals surface area contributed by atoms with Gasteiger partial charge in [0.2, 0.25) is 11.7 Å². The number of hydrogen-bond acceptors (Lipinski definition) is 5. The lowest BCUT2D eigenvalue weighted by molar-refractivity contribution is 0.285. The second-order valence-electron chi connectivity index (χ2n) is 4.57. The molecule has 0 bridgehead atoms. The molecule has 0 atom stereocenters. The van der Waals surface area contributed by atoms with Crippen molar-refractivity contribution in [2.24, 2.45) is 0 Å². The maximum absolute atomic E-state index is 5.63. The van der Waals surface area contributed by atoms with Crippen molar-refractivity contribution in [3.8, 4) is 5.75 Å². The molecule has 5 nitrogen and oxygen atoms in total. The minimum atomic E-state index is 0.330. The Kier molecular flexibility index (Phi) is 5.55. The van der Waals surface area contributed by atoms with Gasteiger partial charge in [0, 0.05) is 13.0 Å². The van der Waals surface area contributed by atoms with Crippen LogP contribution in [0.1, 0.15) is 37.5 Å². The van der Waals surface area contributed by atoms with Crippen molar-refractivity contribution in [2.45, 2.75) is 39.8 Å². The van der Waals surface area contributed by atoms with Crippen molar-refractivity contribution in [1.82, 2.24) is 15.5 Å². The van der Waals surface area contributed by atoms with Gasteiger partial charge in [-0.25, -0.2) is 0 Å². The van der Waals surface area contributed by atoms with E-state index < -0.39 is 0 Å². The molecule has 20 heavy (non-hydrogen) atoms. The van der Waals surface area contributed by atoms with Crippen LogP contribution in [0.2, 0.25) is 0 Å². The van der Waals surface area contributed by atoms with Gasteiger partial charge < -0.3 is 14.6 Å². The van der Waals surface area contributed by atoms with E-state index in [9.17, 15) is 0 Å². The molecule has 0 unspecified atom stereocenters. The second kappa shape index (κ2) is 7.65. The Morgan fingerprint density at radius 3 is 2.65 bits per heavy atom. The van der Waals surface area contributed by atoms with Gasteiger partial charge in [-0.3, -0.25) is 0 Å². The lowest BCUT2D eigenvalue weighted by Crippen LogP contribution is -2.13. The van der Waals surface area contributed by atoms with Gasteiger partial charge in [-0.15, -0.1) is 0 Å². The molecule has 1 aromatic carbocycles. The minimum Gasteiger partial charge on any atom is -0.485 e. The molecule has 5 heteroatoms. The summed E-state index contributed by atoms with van der Waals surface area (Å²) in [5, 5.41) is 7.21. The summed E-state index contributed by atoms with van der Waals surface area (Å²) in [6, 6.07) is 8.05. The molecule has 1 heterocycles. The molecule has 0 saturated carbocycles. The Morgan fingerprint density at radius 1 is 1.20 bits per heavy atom. The molecule has 0 radical (unpaired) electrons. The molecule has 0 saturated heterocycles. The molecule has 0 fully saturated rings. The summed E-state index contributed by atoms with van der Waals surface area (Å²) in [7, 11) is 0. The molecule has 2 aromatic rings. The summed E-state index contributed by atoms with van der Waals surface area (Å²) in [6.45, 7) is 6.39. The predicted molar refractivity (Wildman–Crippen MR) is 76.4 cm³/mol. The first-order valence-corrected chi connectivity index (χ1v) is 7.05. The highest BCUT2D eigenvalue weighted by atomic mass is 16.5. The van der Waals surface area contributed by atoms with Crippen molar-refractivity contribution in [2.75, 3.05) is 6.54 Å². The first-order valence-electron chi connectivity index (χ1n) is 7.05. The van der Waals surface area contributed by atoms with Crippen molar-refractivity contribution in [3.05, 3.63) is 41.5 Å². The molecule has 0 spiro atoms. The first kappa shape index (κ1) is 14.5. The Bertz CT molecular complexity index is 508. The topological polar surface area (TPSA) is 60.2 Å². The van der Waals surface area contributed by atoms with Crippen LogP contribution in [0.5, 0.6) is 5.75 Å². The summed E-state index contributed by atoms with van der Waals surface area (Å²) >= 11 is 0. The fraction of sp³-hybridized carbons (Fsp3) is 0.467. The van der Waals surface area contributed by atoms with Crippen LogP contribution in [0, 0.1) is 0 Å². The smallest absolute Gasteiger partial charge is 0.226 e. The first-order chi connectivity index (χ1) is 9.81. The van der Waals surface area contributed by atoms with E-state index in [-0.39, 0.29) is 0 Å². The zero-order valence-electron chi connectivity index (χ0n) is 12.1. The highest BCUT2D eigenvalue weighted by Crippen LogP contribution is 2.13. The number of rotatable bonds is 8. The van der Waals surface area contributed by atoms with Gasteiger partial charge in [-0.2, -0.15) is 4.98 Å². The number of benzene rings is 1. The molecule has 108 valence electrons. The zero-order chi connectivity index (χ0) is 14.2. The molecular formula is C15H21N3O2. The van der Waals surface area contributed by atoms with Gasteiger partial charge in [0.25, 0.3) is 0 Å². The number of nitrogens with zero attached hydrogens (tertiary/aromatic N) is 2. The van der Waals surface area contributed by atoms with E-state index in [0.29, 0.717) is 18.3 Å². The number of ether oxygens (including phenoxy) is 1. The molecule has 0 aliphatic carbocycles. The minimum absolute atomic E-state index is 0.330.